The van der Waals surface area contributed by atoms with E-state index >= 15 is 0 Å². The van der Waals surface area contributed by atoms with Crippen molar-refractivity contribution in [1.82, 2.24) is 0 Å². The number of aliphatic hydroxyl groups excluding tert-OH is 1. The summed E-state index contributed by atoms with van der Waals surface area (Å²) in [5, 5.41) is 7.60. The summed E-state index contributed by atoms with van der Waals surface area (Å²) < 4.78 is 51.3. The van der Waals surface area contributed by atoms with Crippen molar-refractivity contribution < 1.29 is 22.3 Å². The number of benzene rings is 1. The van der Waals surface area contributed by atoms with Gasteiger partial charge in [0.25, 0.3) is 0 Å². The fourth-order valence-corrected chi connectivity index (χ4v) is 2.13. The lowest BCUT2D eigenvalue weighted by atomic mass is 10.3. The number of hydrogen-bond acceptors (Lipinski definition) is 3. The molecule has 0 aliphatic heterocycles. The van der Waals surface area contributed by atoms with E-state index in [9.17, 15) is 17.2 Å². The zero-order valence-electron chi connectivity index (χ0n) is 8.75. The standard InChI is InChI=1S/C9H10BrF2NO3S/c1-5(4-14)17(15,16)13-9-3-7(11)6(10)2-8(9)12/h2-3,5,13-14H,4H2,1H3. The molecule has 0 radical (unpaired) electrons. The molecule has 17 heavy (non-hydrogen) atoms. The van der Waals surface area contributed by atoms with Crippen LogP contribution in [-0.2, 0) is 10.0 Å². The van der Waals surface area contributed by atoms with Crippen LogP contribution in [0.4, 0.5) is 14.5 Å². The molecular weight excluding hydrogens is 320 g/mol. The Hall–Kier alpha value is -0.730. The van der Waals surface area contributed by atoms with E-state index in [0.29, 0.717) is 0 Å². The van der Waals surface area contributed by atoms with Crippen LogP contribution in [0, 0.1) is 11.6 Å². The quantitative estimate of drug-likeness (QED) is 0.828. The van der Waals surface area contributed by atoms with Gasteiger partial charge in [-0.15, -0.1) is 0 Å². The Balaban J connectivity index is 3.08. The number of nitrogens with one attached hydrogen (secondary N) is 1. The van der Waals surface area contributed by atoms with Crippen LogP contribution in [0.15, 0.2) is 16.6 Å². The molecule has 96 valence electrons. The summed E-state index contributed by atoms with van der Waals surface area (Å²) >= 11 is 2.77. The van der Waals surface area contributed by atoms with Gasteiger partial charge in [0.15, 0.2) is 0 Å². The Labute approximate surface area is 106 Å². The average Bonchev–Trinajstić information content (AvgIpc) is 2.24. The first kappa shape index (κ1) is 14.3. The summed E-state index contributed by atoms with van der Waals surface area (Å²) in [4.78, 5) is 0. The molecule has 1 unspecified atom stereocenters. The number of anilines is 1. The third-order valence-corrected chi connectivity index (χ3v) is 4.37. The van der Waals surface area contributed by atoms with Gasteiger partial charge in [-0.25, -0.2) is 17.2 Å². The average molecular weight is 330 g/mol. The molecule has 0 amide bonds. The van der Waals surface area contributed by atoms with E-state index in [1.54, 1.807) is 0 Å². The van der Waals surface area contributed by atoms with Crippen molar-refractivity contribution in [3.63, 3.8) is 0 Å². The minimum Gasteiger partial charge on any atom is -0.395 e. The van der Waals surface area contributed by atoms with Crippen molar-refractivity contribution in [1.29, 1.82) is 0 Å². The van der Waals surface area contributed by atoms with Crippen LogP contribution in [0.5, 0.6) is 0 Å². The molecule has 0 aliphatic carbocycles. The molecule has 2 N–H and O–H groups in total. The van der Waals surface area contributed by atoms with E-state index < -0.39 is 39.2 Å². The lowest BCUT2D eigenvalue weighted by Crippen LogP contribution is -2.28. The van der Waals surface area contributed by atoms with Crippen LogP contribution >= 0.6 is 15.9 Å². The summed E-state index contributed by atoms with van der Waals surface area (Å²) in [5.74, 6) is -1.70. The number of aliphatic hydroxyl groups is 1. The van der Waals surface area contributed by atoms with E-state index in [-0.39, 0.29) is 4.47 Å². The normalized spacial score (nSPS) is 13.5. The predicted molar refractivity (Wildman–Crippen MR) is 63.1 cm³/mol. The van der Waals surface area contributed by atoms with E-state index in [4.69, 9.17) is 5.11 Å². The highest BCUT2D eigenvalue weighted by Gasteiger charge is 2.21. The lowest BCUT2D eigenvalue weighted by Gasteiger charge is -2.13. The largest absolute Gasteiger partial charge is 0.395 e. The molecule has 1 aromatic rings. The van der Waals surface area contributed by atoms with Gasteiger partial charge in [0, 0.05) is 6.07 Å². The van der Waals surface area contributed by atoms with E-state index in [1.165, 1.54) is 6.92 Å². The zero-order valence-corrected chi connectivity index (χ0v) is 11.1. The van der Waals surface area contributed by atoms with Crippen LogP contribution < -0.4 is 4.72 Å². The highest BCUT2D eigenvalue weighted by Crippen LogP contribution is 2.24. The van der Waals surface area contributed by atoms with Gasteiger partial charge in [-0.2, -0.15) is 0 Å². The lowest BCUT2D eigenvalue weighted by molar-refractivity contribution is 0.296. The molecule has 0 aromatic heterocycles. The highest BCUT2D eigenvalue weighted by molar-refractivity contribution is 9.10. The van der Waals surface area contributed by atoms with Gasteiger partial charge in [0.1, 0.15) is 16.9 Å². The molecular formula is C9H10BrF2NO3S. The van der Waals surface area contributed by atoms with Crippen molar-refractivity contribution >= 4 is 31.6 Å². The van der Waals surface area contributed by atoms with Crippen LogP contribution in [0.25, 0.3) is 0 Å². The minimum absolute atomic E-state index is 0.104. The number of halogens is 3. The maximum atomic E-state index is 13.3. The zero-order chi connectivity index (χ0) is 13.2. The molecule has 0 aliphatic rings. The summed E-state index contributed by atoms with van der Waals surface area (Å²) in [6, 6.07) is 1.54. The number of sulfonamides is 1. The van der Waals surface area contributed by atoms with E-state index in [2.05, 4.69) is 15.9 Å². The Morgan fingerprint density at radius 3 is 2.53 bits per heavy atom. The maximum absolute atomic E-state index is 13.3. The number of rotatable bonds is 4. The summed E-state index contributed by atoms with van der Waals surface area (Å²) in [6.07, 6.45) is 0. The molecule has 0 bridgehead atoms. The summed E-state index contributed by atoms with van der Waals surface area (Å²) in [5.41, 5.74) is -0.494. The monoisotopic (exact) mass is 329 g/mol. The van der Waals surface area contributed by atoms with Gasteiger partial charge in [0.2, 0.25) is 10.0 Å². The van der Waals surface area contributed by atoms with Gasteiger partial charge >= 0.3 is 0 Å². The Morgan fingerprint density at radius 2 is 2.00 bits per heavy atom. The Bertz CT molecular complexity index is 521. The highest BCUT2D eigenvalue weighted by atomic mass is 79.9. The van der Waals surface area contributed by atoms with Crippen LogP contribution in [0.2, 0.25) is 0 Å². The second-order valence-electron chi connectivity index (χ2n) is 3.39. The van der Waals surface area contributed by atoms with Gasteiger partial charge in [0.05, 0.1) is 16.8 Å². The second kappa shape index (κ2) is 5.28. The topological polar surface area (TPSA) is 66.4 Å². The first-order valence-electron chi connectivity index (χ1n) is 4.55. The minimum atomic E-state index is -3.94. The molecule has 0 heterocycles. The smallest absolute Gasteiger partial charge is 0.237 e. The molecule has 0 saturated carbocycles. The van der Waals surface area contributed by atoms with E-state index in [1.807, 2.05) is 4.72 Å². The van der Waals surface area contributed by atoms with Crippen molar-refractivity contribution in [2.24, 2.45) is 0 Å². The Morgan fingerprint density at radius 1 is 1.41 bits per heavy atom. The van der Waals surface area contributed by atoms with Gasteiger partial charge in [-0.3, -0.25) is 4.72 Å². The van der Waals surface area contributed by atoms with Gasteiger partial charge in [-0.05, 0) is 28.9 Å². The van der Waals surface area contributed by atoms with Crippen molar-refractivity contribution in [2.75, 3.05) is 11.3 Å². The maximum Gasteiger partial charge on any atom is 0.237 e. The van der Waals surface area contributed by atoms with Crippen molar-refractivity contribution in [2.45, 2.75) is 12.2 Å². The second-order valence-corrected chi connectivity index (χ2v) is 6.34. The molecule has 1 atom stereocenters. The molecule has 8 heteroatoms. The predicted octanol–water partition coefficient (Wildman–Crippen LogP) is 1.85. The molecule has 0 saturated heterocycles. The first-order chi connectivity index (χ1) is 7.77. The van der Waals surface area contributed by atoms with Crippen LogP contribution in [0.3, 0.4) is 0 Å². The number of hydrogen-bond donors (Lipinski definition) is 2. The van der Waals surface area contributed by atoms with Crippen LogP contribution in [-0.4, -0.2) is 25.4 Å². The molecule has 4 nitrogen and oxygen atoms in total. The summed E-state index contributed by atoms with van der Waals surface area (Å²) in [6.45, 7) is 0.630. The molecule has 0 fully saturated rings. The fourth-order valence-electron chi connectivity index (χ4n) is 0.953. The first-order valence-corrected chi connectivity index (χ1v) is 6.89. The van der Waals surface area contributed by atoms with Crippen molar-refractivity contribution in [3.05, 3.63) is 28.2 Å². The Kier molecular flexibility index (Phi) is 4.45. The van der Waals surface area contributed by atoms with E-state index in [0.717, 1.165) is 12.1 Å². The fraction of sp³-hybridized carbons (Fsp3) is 0.333. The third kappa shape index (κ3) is 3.36. The summed E-state index contributed by atoms with van der Waals surface area (Å²) in [7, 11) is -3.94. The molecule has 1 rings (SSSR count). The van der Waals surface area contributed by atoms with Gasteiger partial charge in [-0.1, -0.05) is 0 Å². The molecule has 1 aromatic carbocycles. The SMILES string of the molecule is CC(CO)S(=O)(=O)Nc1cc(F)c(Br)cc1F. The van der Waals surface area contributed by atoms with Crippen LogP contribution in [0.1, 0.15) is 6.92 Å². The molecule has 0 spiro atoms. The third-order valence-electron chi connectivity index (χ3n) is 2.05. The van der Waals surface area contributed by atoms with Crippen molar-refractivity contribution in [3.8, 4) is 0 Å². The van der Waals surface area contributed by atoms with Gasteiger partial charge < -0.3 is 5.11 Å².